The summed E-state index contributed by atoms with van der Waals surface area (Å²) in [5.41, 5.74) is 1.45. The third kappa shape index (κ3) is 2.73. The fraction of sp³-hybridized carbons (Fsp3) is 0.650. The first-order chi connectivity index (χ1) is 12.5. The Morgan fingerprint density at radius 2 is 1.65 bits per heavy atom. The van der Waals surface area contributed by atoms with Gasteiger partial charge in [0.15, 0.2) is 0 Å². The lowest BCUT2D eigenvalue weighted by molar-refractivity contribution is -0.384. The molecule has 5 aliphatic rings. The molecule has 0 N–H and O–H groups in total. The number of nitro benzene ring substituents is 1. The Morgan fingerprint density at radius 1 is 1.08 bits per heavy atom. The van der Waals surface area contributed by atoms with Gasteiger partial charge in [0.05, 0.1) is 10.7 Å². The van der Waals surface area contributed by atoms with Crippen LogP contribution in [0.25, 0.3) is 0 Å². The average Bonchev–Trinajstić information content (AvgIpc) is 2.94. The van der Waals surface area contributed by atoms with Crippen molar-refractivity contribution in [3.63, 3.8) is 0 Å². The van der Waals surface area contributed by atoms with E-state index in [1.807, 2.05) is 12.1 Å². The number of nitrogens with zero attached hydrogens (tertiary/aromatic N) is 2. The van der Waals surface area contributed by atoms with Gasteiger partial charge in [-0.1, -0.05) is 0 Å². The summed E-state index contributed by atoms with van der Waals surface area (Å²) in [6.07, 6.45) is 8.11. The van der Waals surface area contributed by atoms with Crippen LogP contribution in [-0.2, 0) is 4.79 Å². The van der Waals surface area contributed by atoms with Crippen molar-refractivity contribution in [3.05, 3.63) is 39.9 Å². The fourth-order valence-electron chi connectivity index (χ4n) is 6.51. The maximum absolute atomic E-state index is 12.7. The number of carbonyl (C=O) groups excluding carboxylic acids is 1. The number of thioether (sulfide) groups is 1. The number of amides is 1. The van der Waals surface area contributed by atoms with E-state index in [9.17, 15) is 14.9 Å². The smallest absolute Gasteiger partial charge is 0.269 e. The number of benzene rings is 1. The van der Waals surface area contributed by atoms with Gasteiger partial charge in [-0.25, -0.2) is 0 Å². The molecule has 1 aliphatic heterocycles. The van der Waals surface area contributed by atoms with E-state index in [1.54, 1.807) is 23.9 Å². The first-order valence-corrected chi connectivity index (χ1v) is 10.7. The quantitative estimate of drug-likeness (QED) is 0.581. The summed E-state index contributed by atoms with van der Waals surface area (Å²) < 4.78 is 0. The molecule has 0 radical (unpaired) electrons. The molecule has 138 valence electrons. The van der Waals surface area contributed by atoms with Crippen molar-refractivity contribution < 1.29 is 9.72 Å². The molecule has 1 heterocycles. The number of rotatable bonds is 4. The van der Waals surface area contributed by atoms with Gasteiger partial charge in [0, 0.05) is 18.7 Å². The van der Waals surface area contributed by atoms with Crippen molar-refractivity contribution in [2.24, 2.45) is 23.2 Å². The highest BCUT2D eigenvalue weighted by atomic mass is 32.2. The molecule has 1 amide bonds. The molecule has 1 aromatic rings. The molecule has 1 unspecified atom stereocenters. The summed E-state index contributed by atoms with van der Waals surface area (Å²) in [5, 5.41) is 10.9. The van der Waals surface area contributed by atoms with Crippen LogP contribution < -0.4 is 0 Å². The molecule has 6 rings (SSSR count). The first kappa shape index (κ1) is 16.6. The van der Waals surface area contributed by atoms with Gasteiger partial charge < -0.3 is 4.90 Å². The highest BCUT2D eigenvalue weighted by Crippen LogP contribution is 2.61. The van der Waals surface area contributed by atoms with Crippen molar-refractivity contribution in [1.82, 2.24) is 4.90 Å². The van der Waals surface area contributed by atoms with Crippen molar-refractivity contribution in [3.8, 4) is 0 Å². The number of nitro groups is 1. The number of carbonyl (C=O) groups is 1. The van der Waals surface area contributed by atoms with Crippen LogP contribution in [0, 0.1) is 33.3 Å². The SMILES string of the molecule is O=C1CSC(c2ccc([N+](=O)[O-])cc2)N1CC12CC3CC(CC(C3)C1)C2. The minimum absolute atomic E-state index is 0.0105. The van der Waals surface area contributed by atoms with Crippen molar-refractivity contribution in [2.75, 3.05) is 12.3 Å². The van der Waals surface area contributed by atoms with Gasteiger partial charge in [-0.15, -0.1) is 11.8 Å². The molecule has 26 heavy (non-hydrogen) atoms. The molecule has 1 atom stereocenters. The minimum Gasteiger partial charge on any atom is -0.325 e. The van der Waals surface area contributed by atoms with Gasteiger partial charge in [0.1, 0.15) is 5.37 Å². The molecule has 5 nitrogen and oxygen atoms in total. The lowest BCUT2D eigenvalue weighted by Gasteiger charge is -2.58. The van der Waals surface area contributed by atoms with Crippen LogP contribution in [0.4, 0.5) is 5.69 Å². The van der Waals surface area contributed by atoms with E-state index >= 15 is 0 Å². The molecule has 6 heteroatoms. The monoisotopic (exact) mass is 372 g/mol. The van der Waals surface area contributed by atoms with Crippen molar-refractivity contribution >= 4 is 23.4 Å². The van der Waals surface area contributed by atoms with Gasteiger partial charge in [-0.3, -0.25) is 14.9 Å². The molecule has 5 fully saturated rings. The summed E-state index contributed by atoms with van der Waals surface area (Å²) in [5.74, 6) is 3.39. The van der Waals surface area contributed by atoms with Gasteiger partial charge in [0.25, 0.3) is 5.69 Å². The summed E-state index contributed by atoms with van der Waals surface area (Å²) >= 11 is 1.66. The second-order valence-corrected chi connectivity index (χ2v) is 10.0. The predicted octanol–water partition coefficient (Wildman–Crippen LogP) is 4.39. The Kier molecular flexibility index (Phi) is 3.82. The van der Waals surface area contributed by atoms with Gasteiger partial charge >= 0.3 is 0 Å². The van der Waals surface area contributed by atoms with E-state index in [1.165, 1.54) is 38.5 Å². The van der Waals surface area contributed by atoms with Crippen LogP contribution in [0.15, 0.2) is 24.3 Å². The maximum atomic E-state index is 12.7. The van der Waals surface area contributed by atoms with Crippen LogP contribution >= 0.6 is 11.8 Å². The molecule has 4 saturated carbocycles. The Bertz CT molecular complexity index is 713. The van der Waals surface area contributed by atoms with E-state index in [-0.39, 0.29) is 21.9 Å². The zero-order valence-electron chi connectivity index (χ0n) is 14.8. The van der Waals surface area contributed by atoms with Crippen LogP contribution in [0.5, 0.6) is 0 Å². The maximum Gasteiger partial charge on any atom is 0.269 e. The Labute approximate surface area is 157 Å². The Balaban J connectivity index is 1.38. The number of hydrogen-bond donors (Lipinski definition) is 0. The van der Waals surface area contributed by atoms with Gasteiger partial charge in [-0.05, 0) is 79.4 Å². The second-order valence-electron chi connectivity index (χ2n) is 8.95. The Hall–Kier alpha value is -1.56. The summed E-state index contributed by atoms with van der Waals surface area (Å²) in [6, 6.07) is 6.76. The standard InChI is InChI=1S/C20H24N2O3S/c23-18-11-26-19(16-1-3-17(4-2-16)22(24)25)21(18)12-20-8-13-5-14(9-20)7-15(6-13)10-20/h1-4,13-15,19H,5-12H2. The van der Waals surface area contributed by atoms with Gasteiger partial charge in [-0.2, -0.15) is 0 Å². The summed E-state index contributed by atoms with van der Waals surface area (Å²) in [4.78, 5) is 25.3. The van der Waals surface area contributed by atoms with Crippen LogP contribution in [0.1, 0.15) is 49.5 Å². The minimum atomic E-state index is -0.371. The molecule has 0 aromatic heterocycles. The second kappa shape index (κ2) is 5.98. The summed E-state index contributed by atoms with van der Waals surface area (Å²) in [6.45, 7) is 0.879. The lowest BCUT2D eigenvalue weighted by atomic mass is 9.49. The zero-order chi connectivity index (χ0) is 17.9. The first-order valence-electron chi connectivity index (χ1n) is 9.67. The van der Waals surface area contributed by atoms with Crippen molar-refractivity contribution in [2.45, 2.75) is 43.9 Å². The van der Waals surface area contributed by atoms with E-state index in [0.29, 0.717) is 11.2 Å². The topological polar surface area (TPSA) is 63.4 Å². The van der Waals surface area contributed by atoms with E-state index in [2.05, 4.69) is 4.90 Å². The van der Waals surface area contributed by atoms with E-state index < -0.39 is 0 Å². The molecule has 0 spiro atoms. The highest BCUT2D eigenvalue weighted by molar-refractivity contribution is 8.00. The van der Waals surface area contributed by atoms with Crippen LogP contribution in [-0.4, -0.2) is 28.0 Å². The zero-order valence-corrected chi connectivity index (χ0v) is 15.6. The summed E-state index contributed by atoms with van der Waals surface area (Å²) in [7, 11) is 0. The molecular formula is C20H24N2O3S. The lowest BCUT2D eigenvalue weighted by Crippen LogP contribution is -2.51. The van der Waals surface area contributed by atoms with E-state index in [4.69, 9.17) is 0 Å². The highest BCUT2D eigenvalue weighted by Gasteiger charge is 2.52. The van der Waals surface area contributed by atoms with E-state index in [0.717, 1.165) is 29.9 Å². The average molecular weight is 372 g/mol. The molecule has 4 aliphatic carbocycles. The van der Waals surface area contributed by atoms with Crippen molar-refractivity contribution in [1.29, 1.82) is 0 Å². The largest absolute Gasteiger partial charge is 0.325 e. The third-order valence-electron chi connectivity index (χ3n) is 7.03. The molecule has 4 bridgehead atoms. The molecular weight excluding hydrogens is 348 g/mol. The third-order valence-corrected chi connectivity index (χ3v) is 8.28. The predicted molar refractivity (Wildman–Crippen MR) is 101 cm³/mol. The fourth-order valence-corrected chi connectivity index (χ4v) is 7.69. The Morgan fingerprint density at radius 3 is 2.19 bits per heavy atom. The van der Waals surface area contributed by atoms with Crippen LogP contribution in [0.3, 0.4) is 0 Å². The normalized spacial score (nSPS) is 38.2. The number of non-ortho nitro benzene ring substituents is 1. The molecule has 1 aromatic carbocycles. The number of hydrogen-bond acceptors (Lipinski definition) is 4. The van der Waals surface area contributed by atoms with Crippen LogP contribution in [0.2, 0.25) is 0 Å². The van der Waals surface area contributed by atoms with Gasteiger partial charge in [0.2, 0.25) is 5.91 Å². The molecule has 1 saturated heterocycles.